The van der Waals surface area contributed by atoms with Crippen LogP contribution >= 0.6 is 0 Å². The molecule has 2 fully saturated rings. The quantitative estimate of drug-likeness (QED) is 0.338. The molecular formula is C28H34N8O4. The standard InChI is InChI=1S/C28H34N8O4/c1-16(37)31-21-11-17(7-10-29-21)40-18-13-30-25-23(24(18)38-6)35(5)26(33-25)32-22-12-19(27(2,3)4)36(34-22)20-14-39-15-28(20)8-9-28/h7,10-13,20H,8-9,14-15H2,1-6H3,(H,29,31,37)(H,30,32,33,34)/t20-/m0/s1. The third kappa shape index (κ3) is 4.61. The maximum Gasteiger partial charge on any atom is 0.222 e. The van der Waals surface area contributed by atoms with Crippen LogP contribution in [0.15, 0.2) is 30.6 Å². The van der Waals surface area contributed by atoms with Gasteiger partial charge in [-0.05, 0) is 18.9 Å². The number of fused-ring (bicyclic) bond motifs is 1. The molecule has 2 aliphatic rings. The Kier molecular flexibility index (Phi) is 6.17. The Balaban J connectivity index is 1.33. The zero-order valence-corrected chi connectivity index (χ0v) is 23.6. The first kappa shape index (κ1) is 26.1. The molecule has 4 aromatic heterocycles. The Morgan fingerprint density at radius 2 is 2.00 bits per heavy atom. The lowest BCUT2D eigenvalue weighted by Gasteiger charge is -2.25. The third-order valence-corrected chi connectivity index (χ3v) is 7.59. The Labute approximate surface area is 232 Å². The fourth-order valence-electron chi connectivity index (χ4n) is 5.34. The summed E-state index contributed by atoms with van der Waals surface area (Å²) in [5.41, 5.74) is 2.43. The molecule has 40 heavy (non-hydrogen) atoms. The summed E-state index contributed by atoms with van der Waals surface area (Å²) >= 11 is 0. The van der Waals surface area contributed by atoms with E-state index >= 15 is 0 Å². The Hall–Kier alpha value is -4.19. The zero-order chi connectivity index (χ0) is 28.2. The normalized spacial score (nSPS) is 17.8. The lowest BCUT2D eigenvalue weighted by molar-refractivity contribution is -0.114. The van der Waals surface area contributed by atoms with Gasteiger partial charge in [0.2, 0.25) is 11.9 Å². The first-order valence-corrected chi connectivity index (χ1v) is 13.3. The molecule has 0 unspecified atom stereocenters. The number of methoxy groups -OCH3 is 1. The van der Waals surface area contributed by atoms with E-state index in [4.69, 9.17) is 24.3 Å². The monoisotopic (exact) mass is 546 g/mol. The average Bonchev–Trinajstić information content (AvgIpc) is 3.20. The molecule has 0 radical (unpaired) electrons. The Morgan fingerprint density at radius 1 is 1.20 bits per heavy atom. The molecule has 1 atom stereocenters. The number of anilines is 3. The minimum absolute atomic E-state index is 0.0955. The summed E-state index contributed by atoms with van der Waals surface area (Å²) in [7, 11) is 3.46. The maximum absolute atomic E-state index is 11.4. The van der Waals surface area contributed by atoms with E-state index in [1.807, 2.05) is 11.6 Å². The van der Waals surface area contributed by atoms with Crippen molar-refractivity contribution < 1.29 is 19.0 Å². The van der Waals surface area contributed by atoms with Gasteiger partial charge in [0.25, 0.3) is 0 Å². The van der Waals surface area contributed by atoms with Crippen molar-refractivity contribution >= 4 is 34.7 Å². The molecule has 2 N–H and O–H groups in total. The summed E-state index contributed by atoms with van der Waals surface area (Å²) in [5.74, 6) is 2.81. The van der Waals surface area contributed by atoms with E-state index in [9.17, 15) is 4.79 Å². The van der Waals surface area contributed by atoms with E-state index in [2.05, 4.69) is 52.1 Å². The van der Waals surface area contributed by atoms with Crippen LogP contribution in [0.5, 0.6) is 17.2 Å². The maximum atomic E-state index is 11.4. The van der Waals surface area contributed by atoms with Gasteiger partial charge in [-0.15, -0.1) is 0 Å². The molecule has 210 valence electrons. The topological polar surface area (TPSA) is 130 Å². The van der Waals surface area contributed by atoms with E-state index in [1.165, 1.54) is 19.8 Å². The van der Waals surface area contributed by atoms with E-state index < -0.39 is 0 Å². The summed E-state index contributed by atoms with van der Waals surface area (Å²) in [6.07, 6.45) is 5.48. The number of ether oxygens (including phenoxy) is 3. The van der Waals surface area contributed by atoms with Crippen LogP contribution in [0.2, 0.25) is 0 Å². The fraction of sp³-hybridized carbons (Fsp3) is 0.464. The summed E-state index contributed by atoms with van der Waals surface area (Å²) < 4.78 is 21.8. The SMILES string of the molecule is COc1c(Oc2ccnc(NC(C)=O)c2)cnc2nc(Nc3cc(C(C)(C)C)n([C@H]4COCC45CC5)n3)n(C)c12. The van der Waals surface area contributed by atoms with Crippen molar-refractivity contribution in [3.05, 3.63) is 36.3 Å². The predicted octanol–water partition coefficient (Wildman–Crippen LogP) is 4.71. The van der Waals surface area contributed by atoms with Crippen molar-refractivity contribution in [1.82, 2.24) is 29.3 Å². The van der Waals surface area contributed by atoms with Gasteiger partial charge < -0.3 is 29.4 Å². The highest BCUT2D eigenvalue weighted by atomic mass is 16.5. The molecule has 6 rings (SSSR count). The molecule has 5 heterocycles. The Bertz CT molecular complexity index is 1600. The van der Waals surface area contributed by atoms with Gasteiger partial charge in [0.1, 0.15) is 17.1 Å². The highest BCUT2D eigenvalue weighted by Crippen LogP contribution is 2.58. The van der Waals surface area contributed by atoms with Gasteiger partial charge in [-0.25, -0.2) is 9.97 Å². The van der Waals surface area contributed by atoms with Gasteiger partial charge in [-0.2, -0.15) is 10.1 Å². The molecule has 1 saturated heterocycles. The number of aromatic nitrogens is 6. The van der Waals surface area contributed by atoms with Crippen molar-refractivity contribution in [2.75, 3.05) is 31.0 Å². The van der Waals surface area contributed by atoms with Crippen LogP contribution in [0, 0.1) is 5.41 Å². The fourth-order valence-corrected chi connectivity index (χ4v) is 5.34. The third-order valence-electron chi connectivity index (χ3n) is 7.59. The largest absolute Gasteiger partial charge is 0.491 e. The first-order chi connectivity index (χ1) is 19.1. The summed E-state index contributed by atoms with van der Waals surface area (Å²) in [6.45, 7) is 9.51. The minimum Gasteiger partial charge on any atom is -0.491 e. The molecule has 1 aliphatic heterocycles. The van der Waals surface area contributed by atoms with Crippen LogP contribution in [-0.2, 0) is 22.0 Å². The minimum atomic E-state index is -0.219. The number of hydrogen-bond acceptors (Lipinski definition) is 9. The molecule has 4 aromatic rings. The summed E-state index contributed by atoms with van der Waals surface area (Å²) in [4.78, 5) is 24.8. The number of nitrogens with zero attached hydrogens (tertiary/aromatic N) is 6. The van der Waals surface area contributed by atoms with Crippen LogP contribution in [0.1, 0.15) is 52.3 Å². The molecule has 12 heteroatoms. The number of nitrogens with one attached hydrogen (secondary N) is 2. The van der Waals surface area contributed by atoms with E-state index in [-0.39, 0.29) is 22.8 Å². The molecule has 12 nitrogen and oxygen atoms in total. The number of amides is 1. The van der Waals surface area contributed by atoms with Gasteiger partial charge in [-0.3, -0.25) is 9.48 Å². The summed E-state index contributed by atoms with van der Waals surface area (Å²) in [6, 6.07) is 5.66. The second-order valence-electron chi connectivity index (χ2n) is 11.6. The van der Waals surface area contributed by atoms with Crippen molar-refractivity contribution in [2.45, 2.75) is 52.0 Å². The molecule has 1 spiro atoms. The van der Waals surface area contributed by atoms with Crippen LogP contribution in [-0.4, -0.2) is 55.5 Å². The number of hydrogen-bond donors (Lipinski definition) is 2. The number of carbonyl (C=O) groups is 1. The van der Waals surface area contributed by atoms with E-state index in [1.54, 1.807) is 31.6 Å². The number of pyridine rings is 2. The smallest absolute Gasteiger partial charge is 0.222 e. The van der Waals surface area contributed by atoms with E-state index in [0.29, 0.717) is 52.6 Å². The first-order valence-electron chi connectivity index (χ1n) is 13.3. The lowest BCUT2D eigenvalue weighted by atomic mass is 9.90. The molecule has 0 aromatic carbocycles. The zero-order valence-electron chi connectivity index (χ0n) is 23.6. The molecule has 1 amide bonds. The van der Waals surface area contributed by atoms with Gasteiger partial charge in [0.15, 0.2) is 23.0 Å². The van der Waals surface area contributed by atoms with Gasteiger partial charge in [-0.1, -0.05) is 20.8 Å². The molecule has 1 aliphatic carbocycles. The van der Waals surface area contributed by atoms with Gasteiger partial charge in [0, 0.05) is 48.8 Å². The van der Waals surface area contributed by atoms with Crippen molar-refractivity contribution in [2.24, 2.45) is 12.5 Å². The van der Waals surface area contributed by atoms with Crippen LogP contribution < -0.4 is 20.1 Å². The van der Waals surface area contributed by atoms with E-state index in [0.717, 1.165) is 12.3 Å². The number of rotatable bonds is 7. The second-order valence-corrected chi connectivity index (χ2v) is 11.6. The van der Waals surface area contributed by atoms with Gasteiger partial charge in [0.05, 0.1) is 32.6 Å². The van der Waals surface area contributed by atoms with Crippen LogP contribution in [0.4, 0.5) is 17.6 Å². The van der Waals surface area contributed by atoms with Crippen molar-refractivity contribution in [3.8, 4) is 17.2 Å². The molecular weight excluding hydrogens is 512 g/mol. The molecule has 1 saturated carbocycles. The van der Waals surface area contributed by atoms with Crippen LogP contribution in [0.25, 0.3) is 11.2 Å². The van der Waals surface area contributed by atoms with Crippen LogP contribution in [0.3, 0.4) is 0 Å². The summed E-state index contributed by atoms with van der Waals surface area (Å²) in [5, 5.41) is 11.1. The second kappa shape index (κ2) is 9.47. The van der Waals surface area contributed by atoms with Crippen molar-refractivity contribution in [1.29, 1.82) is 0 Å². The van der Waals surface area contributed by atoms with Gasteiger partial charge >= 0.3 is 0 Å². The highest BCUT2D eigenvalue weighted by molar-refractivity contribution is 5.88. The highest BCUT2D eigenvalue weighted by Gasteiger charge is 2.55. The average molecular weight is 547 g/mol. The number of aryl methyl sites for hydroxylation is 1. The lowest BCUT2D eigenvalue weighted by Crippen LogP contribution is -2.26. The molecule has 0 bridgehead atoms. The number of carbonyl (C=O) groups excluding carboxylic acids is 1. The van der Waals surface area contributed by atoms with Crippen molar-refractivity contribution in [3.63, 3.8) is 0 Å². The predicted molar refractivity (Wildman–Crippen MR) is 149 cm³/mol. The number of imidazole rings is 1. The Morgan fingerprint density at radius 3 is 2.70 bits per heavy atom.